The molecule has 0 heterocycles. The minimum absolute atomic E-state index is 0.0594. The lowest BCUT2D eigenvalue weighted by molar-refractivity contribution is -0.195. The Morgan fingerprint density at radius 1 is 1.21 bits per heavy atom. The van der Waals surface area contributed by atoms with Crippen molar-refractivity contribution in [3.8, 4) is 0 Å². The number of carbonyl (C=O) groups excluding carboxylic acids is 1. The SMILES string of the molecule is O=C(CC(C(=O)O)C(F)(F)F)NCc1ccccc1. The summed E-state index contributed by atoms with van der Waals surface area (Å²) in [4.78, 5) is 21.8. The lowest BCUT2D eigenvalue weighted by Gasteiger charge is -2.15. The van der Waals surface area contributed by atoms with Gasteiger partial charge in [0.05, 0.1) is 0 Å². The lowest BCUT2D eigenvalue weighted by atomic mass is 10.1. The Bertz CT molecular complexity index is 445. The third kappa shape index (κ3) is 4.99. The van der Waals surface area contributed by atoms with E-state index in [1.54, 1.807) is 30.3 Å². The van der Waals surface area contributed by atoms with Crippen molar-refractivity contribution in [1.29, 1.82) is 0 Å². The first-order chi connectivity index (χ1) is 8.80. The second-order valence-corrected chi connectivity index (χ2v) is 3.90. The number of nitrogens with one attached hydrogen (secondary N) is 1. The molecule has 0 spiro atoms. The molecule has 0 radical (unpaired) electrons. The van der Waals surface area contributed by atoms with E-state index in [9.17, 15) is 22.8 Å². The van der Waals surface area contributed by atoms with Crippen LogP contribution in [0.5, 0.6) is 0 Å². The number of rotatable bonds is 5. The molecule has 0 bridgehead atoms. The average molecular weight is 275 g/mol. The van der Waals surface area contributed by atoms with E-state index in [0.29, 0.717) is 0 Å². The highest BCUT2D eigenvalue weighted by Gasteiger charge is 2.46. The maximum atomic E-state index is 12.3. The first-order valence-electron chi connectivity index (χ1n) is 5.41. The molecule has 1 amide bonds. The highest BCUT2D eigenvalue weighted by atomic mass is 19.4. The Hall–Kier alpha value is -2.05. The Morgan fingerprint density at radius 2 is 1.79 bits per heavy atom. The van der Waals surface area contributed by atoms with Gasteiger partial charge in [0.1, 0.15) is 0 Å². The van der Waals surface area contributed by atoms with Gasteiger partial charge in [0.25, 0.3) is 0 Å². The van der Waals surface area contributed by atoms with Gasteiger partial charge in [-0.2, -0.15) is 13.2 Å². The predicted molar refractivity (Wildman–Crippen MR) is 60.1 cm³/mol. The van der Waals surface area contributed by atoms with E-state index >= 15 is 0 Å². The number of aliphatic carboxylic acids is 1. The fourth-order valence-electron chi connectivity index (χ4n) is 1.40. The molecule has 0 aromatic heterocycles. The van der Waals surface area contributed by atoms with Gasteiger partial charge in [-0.05, 0) is 5.56 Å². The summed E-state index contributed by atoms with van der Waals surface area (Å²) in [6.07, 6.45) is -6.05. The molecule has 0 saturated heterocycles. The fourth-order valence-corrected chi connectivity index (χ4v) is 1.40. The van der Waals surface area contributed by atoms with E-state index < -0.39 is 30.4 Å². The third-order valence-corrected chi connectivity index (χ3v) is 2.42. The van der Waals surface area contributed by atoms with Crippen molar-refractivity contribution in [2.45, 2.75) is 19.1 Å². The highest BCUT2D eigenvalue weighted by molar-refractivity contribution is 5.82. The summed E-state index contributed by atoms with van der Waals surface area (Å²) in [6.45, 7) is 0.0594. The molecule has 0 aliphatic rings. The molecule has 4 nitrogen and oxygen atoms in total. The van der Waals surface area contributed by atoms with Crippen LogP contribution in [0.4, 0.5) is 13.2 Å². The van der Waals surface area contributed by atoms with Gasteiger partial charge in [0.15, 0.2) is 5.92 Å². The van der Waals surface area contributed by atoms with Crippen LogP contribution in [0.1, 0.15) is 12.0 Å². The minimum atomic E-state index is -4.93. The van der Waals surface area contributed by atoms with Crippen LogP contribution in [0.25, 0.3) is 0 Å². The predicted octanol–water partition coefficient (Wildman–Crippen LogP) is 1.96. The number of halogens is 3. The van der Waals surface area contributed by atoms with Crippen molar-refractivity contribution in [2.24, 2.45) is 5.92 Å². The molecule has 2 N–H and O–H groups in total. The van der Waals surface area contributed by atoms with Gasteiger partial charge < -0.3 is 10.4 Å². The van der Waals surface area contributed by atoms with Gasteiger partial charge in [-0.15, -0.1) is 0 Å². The van der Waals surface area contributed by atoms with E-state index in [-0.39, 0.29) is 6.54 Å². The Kier molecular flexibility index (Phi) is 4.91. The fraction of sp³-hybridized carbons (Fsp3) is 0.333. The molecule has 19 heavy (non-hydrogen) atoms. The van der Waals surface area contributed by atoms with Crippen LogP contribution in [0.2, 0.25) is 0 Å². The molecule has 0 aliphatic carbocycles. The van der Waals surface area contributed by atoms with Crippen LogP contribution >= 0.6 is 0 Å². The van der Waals surface area contributed by atoms with Crippen molar-refractivity contribution in [2.75, 3.05) is 0 Å². The number of alkyl halides is 3. The zero-order valence-corrected chi connectivity index (χ0v) is 9.78. The Labute approximate surface area is 107 Å². The van der Waals surface area contributed by atoms with Crippen LogP contribution in [0.15, 0.2) is 30.3 Å². The summed E-state index contributed by atoms with van der Waals surface area (Å²) in [7, 11) is 0. The monoisotopic (exact) mass is 275 g/mol. The number of hydrogen-bond donors (Lipinski definition) is 2. The number of amides is 1. The molecule has 1 aromatic carbocycles. The van der Waals surface area contributed by atoms with Crippen molar-refractivity contribution in [1.82, 2.24) is 5.32 Å². The third-order valence-electron chi connectivity index (χ3n) is 2.42. The van der Waals surface area contributed by atoms with Crippen LogP contribution in [0.3, 0.4) is 0 Å². The minimum Gasteiger partial charge on any atom is -0.481 e. The van der Waals surface area contributed by atoms with Crippen molar-refractivity contribution >= 4 is 11.9 Å². The van der Waals surface area contributed by atoms with Gasteiger partial charge in [0, 0.05) is 13.0 Å². The molecule has 0 saturated carbocycles. The molecular formula is C12H12F3NO3. The van der Waals surface area contributed by atoms with Crippen LogP contribution in [-0.2, 0) is 16.1 Å². The van der Waals surface area contributed by atoms with Gasteiger partial charge in [-0.25, -0.2) is 0 Å². The molecule has 1 atom stereocenters. The normalized spacial score (nSPS) is 12.8. The smallest absolute Gasteiger partial charge is 0.402 e. The number of carbonyl (C=O) groups is 2. The van der Waals surface area contributed by atoms with Crippen molar-refractivity contribution < 1.29 is 27.9 Å². The standard InChI is InChI=1S/C12H12F3NO3/c13-12(14,15)9(11(18)19)6-10(17)16-7-8-4-2-1-3-5-8/h1-5,9H,6-7H2,(H,16,17)(H,18,19). The van der Waals surface area contributed by atoms with Gasteiger partial charge in [0.2, 0.25) is 5.91 Å². The second-order valence-electron chi connectivity index (χ2n) is 3.90. The summed E-state index contributed by atoms with van der Waals surface area (Å²) in [5.41, 5.74) is 0.717. The van der Waals surface area contributed by atoms with Gasteiger partial charge in [-0.1, -0.05) is 30.3 Å². The molecule has 104 valence electrons. The zero-order valence-electron chi connectivity index (χ0n) is 9.78. The lowest BCUT2D eigenvalue weighted by Crippen LogP contribution is -2.36. The molecule has 7 heteroatoms. The van der Waals surface area contributed by atoms with E-state index in [4.69, 9.17) is 5.11 Å². The highest BCUT2D eigenvalue weighted by Crippen LogP contribution is 2.28. The van der Waals surface area contributed by atoms with Crippen molar-refractivity contribution in [3.63, 3.8) is 0 Å². The molecule has 1 unspecified atom stereocenters. The number of carboxylic acids is 1. The number of hydrogen-bond acceptors (Lipinski definition) is 2. The number of carboxylic acid groups (broad SMARTS) is 1. The Morgan fingerprint density at radius 3 is 2.26 bits per heavy atom. The van der Waals surface area contributed by atoms with Crippen LogP contribution < -0.4 is 5.32 Å². The maximum Gasteiger partial charge on any atom is 0.402 e. The molecule has 0 fully saturated rings. The molecule has 0 aliphatic heterocycles. The quantitative estimate of drug-likeness (QED) is 0.863. The first kappa shape index (κ1) is 15.0. The van der Waals surface area contributed by atoms with Gasteiger partial charge >= 0.3 is 12.1 Å². The Balaban J connectivity index is 2.52. The summed E-state index contributed by atoms with van der Waals surface area (Å²) in [5.74, 6) is -5.68. The van der Waals surface area contributed by atoms with E-state index in [1.165, 1.54) is 0 Å². The maximum absolute atomic E-state index is 12.3. The molecule has 1 rings (SSSR count). The topological polar surface area (TPSA) is 66.4 Å². The molecule has 1 aromatic rings. The summed E-state index contributed by atoms with van der Waals surface area (Å²) >= 11 is 0. The summed E-state index contributed by atoms with van der Waals surface area (Å²) in [6, 6.07) is 8.58. The first-order valence-corrected chi connectivity index (χ1v) is 5.41. The van der Waals surface area contributed by atoms with E-state index in [1.807, 2.05) is 0 Å². The van der Waals surface area contributed by atoms with E-state index in [2.05, 4.69) is 5.32 Å². The van der Waals surface area contributed by atoms with Crippen LogP contribution in [0, 0.1) is 5.92 Å². The molecular weight excluding hydrogens is 263 g/mol. The second kappa shape index (κ2) is 6.21. The van der Waals surface area contributed by atoms with E-state index in [0.717, 1.165) is 5.56 Å². The zero-order chi connectivity index (χ0) is 14.5. The number of benzene rings is 1. The van der Waals surface area contributed by atoms with Gasteiger partial charge in [-0.3, -0.25) is 9.59 Å². The summed E-state index contributed by atoms with van der Waals surface area (Å²) in [5, 5.41) is 10.7. The van der Waals surface area contributed by atoms with Crippen LogP contribution in [-0.4, -0.2) is 23.2 Å². The average Bonchev–Trinajstić information content (AvgIpc) is 2.33. The van der Waals surface area contributed by atoms with Crippen molar-refractivity contribution in [3.05, 3.63) is 35.9 Å². The summed E-state index contributed by atoms with van der Waals surface area (Å²) < 4.78 is 37.0. The largest absolute Gasteiger partial charge is 0.481 e.